The molecule has 1 aromatic heterocycles. The van der Waals surface area contributed by atoms with Crippen LogP contribution in [-0.4, -0.2) is 33.0 Å². The van der Waals surface area contributed by atoms with Gasteiger partial charge in [0.25, 0.3) is 0 Å². The first kappa shape index (κ1) is 23.0. The van der Waals surface area contributed by atoms with Crippen molar-refractivity contribution in [3.63, 3.8) is 0 Å². The average molecular weight is 466 g/mol. The highest BCUT2D eigenvalue weighted by molar-refractivity contribution is 7.99. The smallest absolute Gasteiger partial charge is 0.178 e. The zero-order valence-corrected chi connectivity index (χ0v) is 21.0. The number of aromatic nitrogens is 1. The lowest BCUT2D eigenvalue weighted by molar-refractivity contribution is -0.158. The van der Waals surface area contributed by atoms with E-state index in [0.717, 1.165) is 36.4 Å². The number of carbonyl (C=O) groups is 2. The number of carbonyl (C=O) groups excluding carboxylic acids is 2. The van der Waals surface area contributed by atoms with Gasteiger partial charge in [-0.15, -0.1) is 0 Å². The Hall–Kier alpha value is -1.72. The predicted octanol–water partition coefficient (Wildman–Crippen LogP) is 5.34. The fourth-order valence-corrected chi connectivity index (χ4v) is 8.85. The van der Waals surface area contributed by atoms with Crippen LogP contribution in [0.5, 0.6) is 0 Å². The number of nitrogens with zero attached hydrogens (tertiary/aromatic N) is 1. The van der Waals surface area contributed by atoms with E-state index in [-0.39, 0.29) is 22.7 Å². The van der Waals surface area contributed by atoms with E-state index in [0.29, 0.717) is 30.1 Å². The van der Waals surface area contributed by atoms with Crippen LogP contribution in [0, 0.1) is 41.4 Å². The summed E-state index contributed by atoms with van der Waals surface area (Å²) < 4.78 is 0. The Kier molecular flexibility index (Phi) is 5.52. The van der Waals surface area contributed by atoms with Gasteiger partial charge in [0, 0.05) is 16.5 Å². The first-order valence-corrected chi connectivity index (χ1v) is 13.3. The van der Waals surface area contributed by atoms with Crippen molar-refractivity contribution in [3.8, 4) is 0 Å². The highest BCUT2D eigenvalue weighted by Gasteiger charge is 2.66. The first-order chi connectivity index (χ1) is 15.6. The third-order valence-electron chi connectivity index (χ3n) is 9.70. The van der Waals surface area contributed by atoms with Gasteiger partial charge in [0.05, 0.1) is 10.8 Å². The molecule has 3 fully saturated rings. The van der Waals surface area contributed by atoms with Crippen molar-refractivity contribution >= 4 is 23.3 Å². The summed E-state index contributed by atoms with van der Waals surface area (Å²) in [6.07, 6.45) is 10.1. The zero-order valence-electron chi connectivity index (χ0n) is 20.1. The van der Waals surface area contributed by atoms with Gasteiger partial charge in [0.2, 0.25) is 0 Å². The van der Waals surface area contributed by atoms with Gasteiger partial charge in [-0.05, 0) is 87.0 Å². The van der Waals surface area contributed by atoms with E-state index >= 15 is 0 Å². The molecule has 176 valence electrons. The lowest BCUT2D eigenvalue weighted by atomic mass is 9.45. The van der Waals surface area contributed by atoms with Gasteiger partial charge in [-0.2, -0.15) is 0 Å². The third-order valence-corrected chi connectivity index (χ3v) is 10.6. The minimum Gasteiger partial charge on any atom is -0.381 e. The number of aryl methyl sites for hydroxylation is 1. The average Bonchev–Trinajstić information content (AvgIpc) is 3.05. The Labute approximate surface area is 201 Å². The summed E-state index contributed by atoms with van der Waals surface area (Å²) in [6, 6.07) is 5.83. The number of thioether (sulfide) groups is 1. The van der Waals surface area contributed by atoms with E-state index in [4.69, 9.17) is 0 Å². The Morgan fingerprint density at radius 2 is 1.97 bits per heavy atom. The van der Waals surface area contributed by atoms with Crippen molar-refractivity contribution < 1.29 is 14.7 Å². The molecule has 0 amide bonds. The number of ketones is 2. The van der Waals surface area contributed by atoms with Crippen LogP contribution in [0.25, 0.3) is 0 Å². The first-order valence-electron chi connectivity index (χ1n) is 12.4. The molecule has 1 heterocycles. The van der Waals surface area contributed by atoms with Gasteiger partial charge in [-0.25, -0.2) is 4.98 Å². The monoisotopic (exact) mass is 465 g/mol. The van der Waals surface area contributed by atoms with E-state index in [1.165, 1.54) is 17.3 Å². The number of fused-ring (bicyclic) bond motifs is 5. The summed E-state index contributed by atoms with van der Waals surface area (Å²) >= 11 is 1.43. The summed E-state index contributed by atoms with van der Waals surface area (Å²) in [6.45, 7) is 8.67. The maximum Gasteiger partial charge on any atom is 0.178 e. The quantitative estimate of drug-likeness (QED) is 0.608. The summed E-state index contributed by atoms with van der Waals surface area (Å²) in [5.74, 6) is 1.93. The Morgan fingerprint density at radius 3 is 2.73 bits per heavy atom. The fraction of sp³-hybridized carbons (Fsp3) is 0.607. The number of hydrogen-bond acceptors (Lipinski definition) is 5. The lowest BCUT2D eigenvalue weighted by Crippen LogP contribution is -2.58. The number of hydrogen-bond donors (Lipinski definition) is 1. The van der Waals surface area contributed by atoms with Crippen LogP contribution >= 0.6 is 11.8 Å². The molecule has 0 aromatic carbocycles. The Bertz CT molecular complexity index is 1060. The SMILES string of the molecule is Cc1cccc(SCC(=O)[C@@]2(O)CCC3C4C[C@H](C)C5=CC(=O)C=CC5(C)C4CCC32C)n1. The van der Waals surface area contributed by atoms with Gasteiger partial charge in [0.1, 0.15) is 5.60 Å². The molecule has 0 aliphatic heterocycles. The highest BCUT2D eigenvalue weighted by atomic mass is 32.2. The van der Waals surface area contributed by atoms with Gasteiger partial charge >= 0.3 is 0 Å². The summed E-state index contributed by atoms with van der Waals surface area (Å²) in [5, 5.41) is 12.7. The topological polar surface area (TPSA) is 67.3 Å². The molecule has 4 nitrogen and oxygen atoms in total. The molecular weight excluding hydrogens is 430 g/mol. The molecule has 7 atom stereocenters. The number of rotatable bonds is 4. The molecule has 4 aliphatic rings. The van der Waals surface area contributed by atoms with Crippen molar-refractivity contribution in [1.82, 2.24) is 4.98 Å². The van der Waals surface area contributed by atoms with Gasteiger partial charge < -0.3 is 5.11 Å². The minimum absolute atomic E-state index is 0.0435. The van der Waals surface area contributed by atoms with Gasteiger partial charge in [-0.1, -0.05) is 50.2 Å². The molecule has 0 saturated heterocycles. The molecule has 0 radical (unpaired) electrons. The number of aliphatic hydroxyl groups is 1. The largest absolute Gasteiger partial charge is 0.381 e. The van der Waals surface area contributed by atoms with Crippen LogP contribution in [-0.2, 0) is 9.59 Å². The molecule has 1 N–H and O–H groups in total. The van der Waals surface area contributed by atoms with Crippen molar-refractivity contribution in [1.29, 1.82) is 0 Å². The molecule has 5 unspecified atom stereocenters. The van der Waals surface area contributed by atoms with Crippen molar-refractivity contribution in [2.24, 2.45) is 34.5 Å². The Morgan fingerprint density at radius 1 is 1.21 bits per heavy atom. The van der Waals surface area contributed by atoms with Crippen molar-refractivity contribution in [3.05, 3.63) is 47.7 Å². The Balaban J connectivity index is 1.39. The van der Waals surface area contributed by atoms with Crippen LogP contribution in [0.15, 0.2) is 47.0 Å². The van der Waals surface area contributed by atoms with Gasteiger partial charge in [-0.3, -0.25) is 9.59 Å². The van der Waals surface area contributed by atoms with E-state index < -0.39 is 11.0 Å². The molecule has 4 aliphatic carbocycles. The molecule has 5 heteroatoms. The maximum absolute atomic E-state index is 13.5. The number of allylic oxidation sites excluding steroid dienone is 4. The van der Waals surface area contributed by atoms with E-state index in [2.05, 4.69) is 31.8 Å². The standard InChI is InChI=1S/C28H35NO3S/c1-17-14-20-21(26(3)11-8-19(30)15-23(17)26)9-12-27(4)22(20)10-13-28(27,32)24(31)16-33-25-7-5-6-18(2)29-25/h5-8,11,15,17,20-22,32H,9-10,12-14,16H2,1-4H3/t17-,20?,21?,22?,26?,27?,28-/m0/s1. The molecule has 3 saturated carbocycles. The van der Waals surface area contributed by atoms with E-state index in [9.17, 15) is 14.7 Å². The van der Waals surface area contributed by atoms with Crippen LogP contribution < -0.4 is 0 Å². The molecule has 5 rings (SSSR count). The molecule has 0 spiro atoms. The lowest BCUT2D eigenvalue weighted by Gasteiger charge is -2.59. The second kappa shape index (κ2) is 7.91. The van der Waals surface area contributed by atoms with Crippen LogP contribution in [0.4, 0.5) is 0 Å². The van der Waals surface area contributed by atoms with Gasteiger partial charge in [0.15, 0.2) is 11.6 Å². The number of pyridine rings is 1. The maximum atomic E-state index is 13.5. The molecule has 33 heavy (non-hydrogen) atoms. The zero-order chi connectivity index (χ0) is 23.6. The molecule has 1 aromatic rings. The second-order valence-corrected chi connectivity index (χ2v) is 12.3. The number of Topliss-reactive ketones (excluding diaryl/α,β-unsaturated/α-hetero) is 1. The molecular formula is C28H35NO3S. The summed E-state index contributed by atoms with van der Waals surface area (Å²) in [4.78, 5) is 30.1. The minimum atomic E-state index is -1.27. The van der Waals surface area contributed by atoms with E-state index in [1.54, 1.807) is 6.08 Å². The van der Waals surface area contributed by atoms with E-state index in [1.807, 2.05) is 31.2 Å². The predicted molar refractivity (Wildman–Crippen MR) is 131 cm³/mol. The second-order valence-electron chi connectivity index (χ2n) is 11.3. The third kappa shape index (κ3) is 3.41. The normalized spacial score (nSPS) is 41.7. The molecule has 0 bridgehead atoms. The van der Waals surface area contributed by atoms with Crippen molar-refractivity contribution in [2.75, 3.05) is 5.75 Å². The van der Waals surface area contributed by atoms with Crippen molar-refractivity contribution in [2.45, 2.75) is 70.4 Å². The highest BCUT2D eigenvalue weighted by Crippen LogP contribution is 2.67. The summed E-state index contributed by atoms with van der Waals surface area (Å²) in [7, 11) is 0. The fourth-order valence-electron chi connectivity index (χ4n) is 7.95. The summed E-state index contributed by atoms with van der Waals surface area (Å²) in [5.41, 5.74) is 0.472. The van der Waals surface area contributed by atoms with Crippen LogP contribution in [0.3, 0.4) is 0 Å². The van der Waals surface area contributed by atoms with Crippen LogP contribution in [0.2, 0.25) is 0 Å². The van der Waals surface area contributed by atoms with Crippen LogP contribution in [0.1, 0.15) is 58.6 Å².